The van der Waals surface area contributed by atoms with Crippen molar-refractivity contribution in [1.82, 2.24) is 14.3 Å². The van der Waals surface area contributed by atoms with Gasteiger partial charge in [-0.2, -0.15) is 5.10 Å². The van der Waals surface area contributed by atoms with Crippen molar-refractivity contribution >= 4 is 38.0 Å². The van der Waals surface area contributed by atoms with E-state index in [4.69, 9.17) is 0 Å². The highest BCUT2D eigenvalue weighted by molar-refractivity contribution is 7.92. The minimum Gasteiger partial charge on any atom is -0.350 e. The number of hydrogen-bond acceptors (Lipinski definition) is 5. The zero-order valence-electron chi connectivity index (χ0n) is 18.4. The minimum atomic E-state index is -3.62. The topological polar surface area (TPSA) is 98.0 Å². The first-order chi connectivity index (χ1) is 16.0. The van der Waals surface area contributed by atoms with Crippen LogP contribution in [0.5, 0.6) is 0 Å². The molecule has 12 heteroatoms. The van der Waals surface area contributed by atoms with Crippen LogP contribution in [-0.4, -0.2) is 28.5 Å². The summed E-state index contributed by atoms with van der Waals surface area (Å²) in [7, 11) is -0.458. The van der Waals surface area contributed by atoms with Crippen LogP contribution >= 0.6 is 0 Å². The zero-order chi connectivity index (χ0) is 24.8. The third kappa shape index (κ3) is 4.36. The van der Waals surface area contributed by atoms with Gasteiger partial charge in [0, 0.05) is 66.5 Å². The van der Waals surface area contributed by atoms with Crippen molar-refractivity contribution in [3.8, 4) is 11.1 Å². The van der Waals surface area contributed by atoms with Crippen LogP contribution in [0.25, 0.3) is 22.0 Å². The standard InChI is InChI=1S/C22H20F3N5O3S/c1-4-34(32,33)28-13-5-6-19(26-21-17(24)7-12(23)8-18(21)25)14(9-13)15-10-29(2)22(31)20-16(15)11-30(3)27-20/h5-11,26,28H,4H2,1-3H3. The molecule has 0 amide bonds. The van der Waals surface area contributed by atoms with Crippen LogP contribution in [-0.2, 0) is 24.1 Å². The van der Waals surface area contributed by atoms with Crippen LogP contribution in [0.15, 0.2) is 47.5 Å². The van der Waals surface area contributed by atoms with Crippen molar-refractivity contribution in [3.05, 3.63) is 70.5 Å². The fraction of sp³-hybridized carbons (Fsp3) is 0.182. The second-order valence-corrected chi connectivity index (χ2v) is 9.67. The van der Waals surface area contributed by atoms with Crippen molar-refractivity contribution in [2.75, 3.05) is 15.8 Å². The number of benzene rings is 2. The normalized spacial score (nSPS) is 11.7. The van der Waals surface area contributed by atoms with Gasteiger partial charge in [-0.1, -0.05) is 0 Å². The number of fused-ring (bicyclic) bond motifs is 1. The molecule has 0 spiro atoms. The van der Waals surface area contributed by atoms with E-state index in [9.17, 15) is 26.4 Å². The zero-order valence-corrected chi connectivity index (χ0v) is 19.2. The molecule has 0 aliphatic rings. The maximum Gasteiger partial charge on any atom is 0.278 e. The van der Waals surface area contributed by atoms with Gasteiger partial charge in [0.15, 0.2) is 17.2 Å². The lowest BCUT2D eigenvalue weighted by atomic mass is 10.0. The van der Waals surface area contributed by atoms with Gasteiger partial charge in [-0.05, 0) is 25.1 Å². The second-order valence-electron chi connectivity index (χ2n) is 7.66. The predicted octanol–water partition coefficient (Wildman–Crippen LogP) is 3.86. The van der Waals surface area contributed by atoms with Gasteiger partial charge in [-0.25, -0.2) is 21.6 Å². The Morgan fingerprint density at radius 3 is 2.32 bits per heavy atom. The number of rotatable bonds is 6. The summed E-state index contributed by atoms with van der Waals surface area (Å²) in [6.07, 6.45) is 3.13. The fourth-order valence-electron chi connectivity index (χ4n) is 3.53. The SMILES string of the molecule is CCS(=O)(=O)Nc1ccc(Nc2c(F)cc(F)cc2F)c(-c2cn(C)c(=O)c3nn(C)cc23)c1. The van der Waals surface area contributed by atoms with Crippen molar-refractivity contribution in [2.24, 2.45) is 14.1 Å². The Morgan fingerprint density at radius 2 is 1.68 bits per heavy atom. The van der Waals surface area contributed by atoms with Gasteiger partial charge in [0.2, 0.25) is 10.0 Å². The molecule has 4 aromatic rings. The molecular weight excluding hydrogens is 471 g/mol. The molecule has 4 rings (SSSR count). The molecule has 2 aromatic carbocycles. The van der Waals surface area contributed by atoms with Crippen molar-refractivity contribution in [2.45, 2.75) is 6.92 Å². The summed E-state index contributed by atoms with van der Waals surface area (Å²) in [6, 6.07) is 5.40. The molecule has 0 aliphatic heterocycles. The van der Waals surface area contributed by atoms with E-state index in [1.54, 1.807) is 13.2 Å². The Bertz CT molecular complexity index is 1570. The Hall–Kier alpha value is -3.80. The largest absolute Gasteiger partial charge is 0.350 e. The second kappa shape index (κ2) is 8.52. The number of nitrogens with zero attached hydrogens (tertiary/aromatic N) is 3. The molecule has 0 fully saturated rings. The first kappa shape index (κ1) is 23.4. The fourth-order valence-corrected chi connectivity index (χ4v) is 4.17. The third-order valence-electron chi connectivity index (χ3n) is 5.19. The van der Waals surface area contributed by atoms with Crippen LogP contribution in [0.4, 0.5) is 30.2 Å². The molecule has 178 valence electrons. The number of pyridine rings is 1. The predicted molar refractivity (Wildman–Crippen MR) is 124 cm³/mol. The van der Waals surface area contributed by atoms with Gasteiger partial charge in [-0.15, -0.1) is 0 Å². The van der Waals surface area contributed by atoms with Gasteiger partial charge in [0.25, 0.3) is 5.56 Å². The number of sulfonamides is 1. The Balaban J connectivity index is 1.97. The van der Waals surface area contributed by atoms with E-state index in [-0.39, 0.29) is 28.2 Å². The summed E-state index contributed by atoms with van der Waals surface area (Å²) >= 11 is 0. The first-order valence-electron chi connectivity index (χ1n) is 10.1. The molecule has 2 N–H and O–H groups in total. The van der Waals surface area contributed by atoms with E-state index in [1.807, 2.05) is 0 Å². The van der Waals surface area contributed by atoms with E-state index in [0.717, 1.165) is 0 Å². The maximum atomic E-state index is 14.4. The average molecular weight is 491 g/mol. The molecular formula is C22H20F3N5O3S. The van der Waals surface area contributed by atoms with Gasteiger partial charge >= 0.3 is 0 Å². The van der Waals surface area contributed by atoms with Crippen LogP contribution in [0, 0.1) is 17.5 Å². The quantitative estimate of drug-likeness (QED) is 0.427. The van der Waals surface area contributed by atoms with Gasteiger partial charge in [0.05, 0.1) is 5.75 Å². The minimum absolute atomic E-state index is 0.159. The van der Waals surface area contributed by atoms with E-state index >= 15 is 0 Å². The molecule has 8 nitrogen and oxygen atoms in total. The molecule has 0 aliphatic carbocycles. The van der Waals surface area contributed by atoms with E-state index in [1.165, 1.54) is 47.6 Å². The van der Waals surface area contributed by atoms with Crippen LogP contribution in [0.2, 0.25) is 0 Å². The van der Waals surface area contributed by atoms with E-state index < -0.39 is 33.2 Å². The lowest BCUT2D eigenvalue weighted by Gasteiger charge is -2.17. The third-order valence-corrected chi connectivity index (χ3v) is 6.50. The van der Waals surface area contributed by atoms with Crippen LogP contribution in [0.3, 0.4) is 0 Å². The summed E-state index contributed by atoms with van der Waals surface area (Å²) < 4.78 is 71.5. The number of hydrogen-bond donors (Lipinski definition) is 2. The van der Waals surface area contributed by atoms with E-state index in [2.05, 4.69) is 15.1 Å². The lowest BCUT2D eigenvalue weighted by Crippen LogP contribution is -2.17. The van der Waals surface area contributed by atoms with Crippen LogP contribution < -0.4 is 15.6 Å². The van der Waals surface area contributed by atoms with Gasteiger partial charge in [-0.3, -0.25) is 14.2 Å². The molecule has 0 radical (unpaired) electrons. The monoisotopic (exact) mass is 491 g/mol. The number of aromatic nitrogens is 3. The maximum absolute atomic E-state index is 14.4. The number of halogens is 3. The number of nitrogens with one attached hydrogen (secondary N) is 2. The van der Waals surface area contributed by atoms with Gasteiger partial charge in [0.1, 0.15) is 11.5 Å². The molecule has 0 atom stereocenters. The molecule has 0 saturated carbocycles. The molecule has 2 heterocycles. The summed E-state index contributed by atoms with van der Waals surface area (Å²) in [6.45, 7) is 1.48. The number of anilines is 3. The molecule has 0 saturated heterocycles. The highest BCUT2D eigenvalue weighted by atomic mass is 32.2. The first-order valence-corrected chi connectivity index (χ1v) is 11.7. The average Bonchev–Trinajstić information content (AvgIpc) is 3.15. The Kier molecular flexibility index (Phi) is 5.86. The lowest BCUT2D eigenvalue weighted by molar-refractivity contribution is 0.549. The molecule has 2 aromatic heterocycles. The summed E-state index contributed by atoms with van der Waals surface area (Å²) in [5.74, 6) is -3.53. The van der Waals surface area contributed by atoms with Gasteiger partial charge < -0.3 is 9.88 Å². The van der Waals surface area contributed by atoms with Crippen molar-refractivity contribution in [3.63, 3.8) is 0 Å². The highest BCUT2D eigenvalue weighted by Gasteiger charge is 2.19. The molecule has 0 unspecified atom stereocenters. The summed E-state index contributed by atoms with van der Waals surface area (Å²) in [5, 5.41) is 7.28. The summed E-state index contributed by atoms with van der Waals surface area (Å²) in [4.78, 5) is 12.6. The summed E-state index contributed by atoms with van der Waals surface area (Å²) in [5.41, 5.74) is 0.387. The van der Waals surface area contributed by atoms with Crippen molar-refractivity contribution < 1.29 is 21.6 Å². The number of aryl methyl sites for hydroxylation is 2. The highest BCUT2D eigenvalue weighted by Crippen LogP contribution is 2.37. The van der Waals surface area contributed by atoms with Crippen molar-refractivity contribution in [1.29, 1.82) is 0 Å². The smallest absolute Gasteiger partial charge is 0.278 e. The van der Waals surface area contributed by atoms with E-state index in [0.29, 0.717) is 28.6 Å². The Morgan fingerprint density at radius 1 is 1.00 bits per heavy atom. The van der Waals surface area contributed by atoms with Crippen LogP contribution in [0.1, 0.15) is 6.92 Å². The Labute approximate surface area is 192 Å². The molecule has 34 heavy (non-hydrogen) atoms. The molecule has 0 bridgehead atoms.